The van der Waals surface area contributed by atoms with E-state index in [1.54, 1.807) is 18.2 Å². The third-order valence-corrected chi connectivity index (χ3v) is 3.85. The second kappa shape index (κ2) is 5.57. The zero-order valence-corrected chi connectivity index (χ0v) is 12.5. The van der Waals surface area contributed by atoms with Crippen LogP contribution < -0.4 is 5.73 Å². The van der Waals surface area contributed by atoms with Gasteiger partial charge in [0.05, 0.1) is 11.3 Å². The molecule has 0 saturated heterocycles. The molecule has 0 aliphatic rings. The number of anilines is 1. The van der Waals surface area contributed by atoms with Crippen LogP contribution in [0, 0.1) is 0 Å². The predicted molar refractivity (Wildman–Crippen MR) is 82.8 cm³/mol. The van der Waals surface area contributed by atoms with Crippen molar-refractivity contribution >= 4 is 21.6 Å². The highest BCUT2D eigenvalue weighted by molar-refractivity contribution is 9.10. The van der Waals surface area contributed by atoms with Gasteiger partial charge in [0.25, 0.3) is 5.89 Å². The van der Waals surface area contributed by atoms with E-state index in [4.69, 9.17) is 10.3 Å². The Kier molecular flexibility index (Phi) is 3.62. The summed E-state index contributed by atoms with van der Waals surface area (Å²) in [6, 6.07) is 12.9. The largest absolute Gasteiger partial charge is 0.505 e. The molecule has 21 heavy (non-hydrogen) atoms. The van der Waals surface area contributed by atoms with Gasteiger partial charge in [-0.3, -0.25) is 0 Å². The number of phenols is 1. The molecule has 0 spiro atoms. The summed E-state index contributed by atoms with van der Waals surface area (Å²) >= 11 is 3.48. The maximum Gasteiger partial charge on any atom is 0.261 e. The summed E-state index contributed by atoms with van der Waals surface area (Å²) in [5, 5.41) is 13.9. The topological polar surface area (TPSA) is 85.2 Å². The summed E-state index contributed by atoms with van der Waals surface area (Å²) in [6.07, 6.45) is 0.536. The average molecular weight is 346 g/mol. The average Bonchev–Trinajstić information content (AvgIpc) is 2.93. The van der Waals surface area contributed by atoms with Crippen LogP contribution in [0.1, 0.15) is 11.4 Å². The molecule has 3 rings (SSSR count). The fourth-order valence-corrected chi connectivity index (χ4v) is 2.41. The van der Waals surface area contributed by atoms with E-state index in [0.29, 0.717) is 17.8 Å². The molecule has 0 aliphatic heterocycles. The summed E-state index contributed by atoms with van der Waals surface area (Å²) in [6.45, 7) is 0. The van der Waals surface area contributed by atoms with Crippen molar-refractivity contribution in [2.24, 2.45) is 0 Å². The molecular formula is C15H12BrN3O2. The van der Waals surface area contributed by atoms with Crippen molar-refractivity contribution in [3.8, 4) is 17.2 Å². The van der Waals surface area contributed by atoms with Crippen LogP contribution >= 0.6 is 15.9 Å². The molecule has 0 fully saturated rings. The number of aromatic hydroxyl groups is 1. The third-order valence-electron chi connectivity index (χ3n) is 3.07. The molecule has 106 valence electrons. The van der Waals surface area contributed by atoms with E-state index in [9.17, 15) is 5.11 Å². The van der Waals surface area contributed by atoms with Crippen molar-refractivity contribution in [2.45, 2.75) is 6.42 Å². The number of hydrogen-bond donors (Lipinski definition) is 2. The van der Waals surface area contributed by atoms with Crippen molar-refractivity contribution in [1.29, 1.82) is 0 Å². The second-order valence-corrected chi connectivity index (χ2v) is 5.38. The van der Waals surface area contributed by atoms with Gasteiger partial charge >= 0.3 is 0 Å². The first-order valence-corrected chi connectivity index (χ1v) is 7.08. The van der Waals surface area contributed by atoms with Gasteiger partial charge in [0, 0.05) is 10.9 Å². The summed E-state index contributed by atoms with van der Waals surface area (Å²) in [4.78, 5) is 4.30. The zero-order valence-electron chi connectivity index (χ0n) is 11.0. The Morgan fingerprint density at radius 2 is 1.95 bits per heavy atom. The summed E-state index contributed by atoms with van der Waals surface area (Å²) in [5.41, 5.74) is 7.43. The normalized spacial score (nSPS) is 10.7. The lowest BCUT2D eigenvalue weighted by Gasteiger charge is -2.01. The molecule has 2 aromatic carbocycles. The molecule has 1 aromatic heterocycles. The van der Waals surface area contributed by atoms with Crippen molar-refractivity contribution < 1.29 is 9.63 Å². The number of nitrogen functional groups attached to an aromatic ring is 1. The molecule has 3 aromatic rings. The summed E-state index contributed by atoms with van der Waals surface area (Å²) in [5.74, 6) is 0.745. The molecule has 1 heterocycles. The van der Waals surface area contributed by atoms with Gasteiger partial charge in [0.1, 0.15) is 0 Å². The highest BCUT2D eigenvalue weighted by Gasteiger charge is 2.15. The molecule has 5 nitrogen and oxygen atoms in total. The molecule has 0 aliphatic carbocycles. The Balaban J connectivity index is 1.90. The SMILES string of the molecule is Nc1cccc(-c2nc(Cc3ccccc3Br)no2)c1O. The first-order chi connectivity index (χ1) is 10.1. The van der Waals surface area contributed by atoms with Gasteiger partial charge < -0.3 is 15.4 Å². The van der Waals surface area contributed by atoms with Crippen LogP contribution in [0.2, 0.25) is 0 Å². The second-order valence-electron chi connectivity index (χ2n) is 4.53. The van der Waals surface area contributed by atoms with Gasteiger partial charge in [0.2, 0.25) is 0 Å². The smallest absolute Gasteiger partial charge is 0.261 e. The Labute approximate surface area is 129 Å². The van der Waals surface area contributed by atoms with Crippen LogP contribution in [-0.4, -0.2) is 15.2 Å². The number of rotatable bonds is 3. The van der Waals surface area contributed by atoms with E-state index in [1.807, 2.05) is 24.3 Å². The van der Waals surface area contributed by atoms with Crippen LogP contribution in [0.5, 0.6) is 5.75 Å². The summed E-state index contributed by atoms with van der Waals surface area (Å²) in [7, 11) is 0. The van der Waals surface area contributed by atoms with Gasteiger partial charge in [-0.25, -0.2) is 0 Å². The molecule has 6 heteroatoms. The van der Waals surface area contributed by atoms with E-state index < -0.39 is 0 Å². The van der Waals surface area contributed by atoms with Crippen LogP contribution in [0.15, 0.2) is 51.5 Å². The zero-order chi connectivity index (χ0) is 14.8. The number of aromatic nitrogens is 2. The molecule has 0 saturated carbocycles. The Morgan fingerprint density at radius 1 is 1.14 bits per heavy atom. The van der Waals surface area contributed by atoms with Crippen LogP contribution in [0.25, 0.3) is 11.5 Å². The number of nitrogens with two attached hydrogens (primary N) is 1. The molecule has 0 bridgehead atoms. The van der Waals surface area contributed by atoms with Gasteiger partial charge in [-0.15, -0.1) is 0 Å². The van der Waals surface area contributed by atoms with E-state index >= 15 is 0 Å². The quantitative estimate of drug-likeness (QED) is 0.561. The minimum Gasteiger partial charge on any atom is -0.505 e. The van der Waals surface area contributed by atoms with Crippen molar-refractivity contribution in [1.82, 2.24) is 10.1 Å². The molecule has 0 atom stereocenters. The fourth-order valence-electron chi connectivity index (χ4n) is 1.98. The van der Waals surface area contributed by atoms with Crippen molar-refractivity contribution in [2.75, 3.05) is 5.73 Å². The van der Waals surface area contributed by atoms with Gasteiger partial charge in [-0.2, -0.15) is 4.98 Å². The standard InChI is InChI=1S/C15H12BrN3O2/c16-11-6-2-1-4-9(11)8-13-18-15(21-19-13)10-5-3-7-12(17)14(10)20/h1-7,20H,8,17H2. The fraction of sp³-hybridized carbons (Fsp3) is 0.0667. The lowest BCUT2D eigenvalue weighted by molar-refractivity contribution is 0.419. The van der Waals surface area contributed by atoms with Crippen LogP contribution in [0.4, 0.5) is 5.69 Å². The third kappa shape index (κ3) is 2.75. The van der Waals surface area contributed by atoms with Gasteiger partial charge in [-0.1, -0.05) is 45.4 Å². The van der Waals surface area contributed by atoms with Crippen LogP contribution in [0.3, 0.4) is 0 Å². The van der Waals surface area contributed by atoms with Crippen molar-refractivity contribution in [3.05, 3.63) is 58.3 Å². The van der Waals surface area contributed by atoms with E-state index in [2.05, 4.69) is 26.1 Å². The minimum absolute atomic E-state index is 0.0476. The Bertz CT molecular complexity index is 786. The number of hydrogen-bond acceptors (Lipinski definition) is 5. The van der Waals surface area contributed by atoms with Gasteiger partial charge in [-0.05, 0) is 23.8 Å². The Hall–Kier alpha value is -2.34. The molecule has 0 unspecified atom stereocenters. The number of phenolic OH excluding ortho intramolecular Hbond substituents is 1. The molecular weight excluding hydrogens is 334 g/mol. The lowest BCUT2D eigenvalue weighted by atomic mass is 10.1. The maximum absolute atomic E-state index is 9.93. The lowest BCUT2D eigenvalue weighted by Crippen LogP contribution is -1.92. The van der Waals surface area contributed by atoms with E-state index in [-0.39, 0.29) is 17.3 Å². The minimum atomic E-state index is -0.0476. The highest BCUT2D eigenvalue weighted by Crippen LogP contribution is 2.32. The molecule has 3 N–H and O–H groups in total. The van der Waals surface area contributed by atoms with Gasteiger partial charge in [0.15, 0.2) is 11.6 Å². The number of para-hydroxylation sites is 1. The van der Waals surface area contributed by atoms with Crippen LogP contribution in [-0.2, 0) is 6.42 Å². The Morgan fingerprint density at radius 3 is 2.76 bits per heavy atom. The number of halogens is 1. The maximum atomic E-state index is 9.93. The summed E-state index contributed by atoms with van der Waals surface area (Å²) < 4.78 is 6.20. The number of nitrogens with zero attached hydrogens (tertiary/aromatic N) is 2. The van der Waals surface area contributed by atoms with E-state index in [0.717, 1.165) is 10.0 Å². The number of benzene rings is 2. The monoisotopic (exact) mass is 345 g/mol. The molecule has 0 radical (unpaired) electrons. The first-order valence-electron chi connectivity index (χ1n) is 6.29. The van der Waals surface area contributed by atoms with Crippen molar-refractivity contribution in [3.63, 3.8) is 0 Å². The highest BCUT2D eigenvalue weighted by atomic mass is 79.9. The van der Waals surface area contributed by atoms with E-state index in [1.165, 1.54) is 0 Å². The predicted octanol–water partition coefficient (Wildman–Crippen LogP) is 3.38. The molecule has 0 amide bonds. The first kappa shape index (κ1) is 13.6.